The first-order chi connectivity index (χ1) is 15.5. The van der Waals surface area contributed by atoms with E-state index in [1.54, 1.807) is 12.1 Å². The number of halogens is 1. The first kappa shape index (κ1) is 23.5. The number of imide groups is 1. The summed E-state index contributed by atoms with van der Waals surface area (Å²) in [5.74, 6) is -0.553. The summed E-state index contributed by atoms with van der Waals surface area (Å²) in [6.45, 7) is 5.38. The third-order valence-corrected chi connectivity index (χ3v) is 7.07. The van der Waals surface area contributed by atoms with E-state index in [4.69, 9.17) is 14.2 Å². The van der Waals surface area contributed by atoms with Crippen molar-refractivity contribution in [3.8, 4) is 5.75 Å². The zero-order chi connectivity index (χ0) is 22.7. The van der Waals surface area contributed by atoms with E-state index in [-0.39, 0.29) is 17.9 Å². The topological polar surface area (TPSA) is 65.1 Å². The van der Waals surface area contributed by atoms with Gasteiger partial charge in [0, 0.05) is 36.8 Å². The molecule has 0 aromatic heterocycles. The molecule has 0 spiro atoms. The number of amides is 2. The zero-order valence-corrected chi connectivity index (χ0v) is 20.5. The van der Waals surface area contributed by atoms with E-state index in [1.165, 1.54) is 4.90 Å². The SMILES string of the molecule is CCCOC1(OCCC)CCCC1Oc1cc(N2C(=O)C3=C(CCCC3)C2=O)ccc1Br. The number of nitrogens with zero attached hydrogens (tertiary/aromatic N) is 1. The number of ether oxygens (including phenoxy) is 3. The Morgan fingerprint density at radius 2 is 1.62 bits per heavy atom. The van der Waals surface area contributed by atoms with Crippen LogP contribution in [0.5, 0.6) is 5.75 Å². The lowest BCUT2D eigenvalue weighted by molar-refractivity contribution is -0.266. The van der Waals surface area contributed by atoms with Crippen LogP contribution in [0.1, 0.15) is 71.6 Å². The summed E-state index contributed by atoms with van der Waals surface area (Å²) < 4.78 is 19.6. The summed E-state index contributed by atoms with van der Waals surface area (Å²) in [6, 6.07) is 5.40. The van der Waals surface area contributed by atoms with E-state index >= 15 is 0 Å². The molecule has 1 saturated carbocycles. The Morgan fingerprint density at radius 1 is 1.00 bits per heavy atom. The highest BCUT2D eigenvalue weighted by Crippen LogP contribution is 2.42. The minimum Gasteiger partial charge on any atom is -0.484 e. The molecule has 0 N–H and O–H groups in total. The second kappa shape index (κ2) is 10.1. The molecule has 1 heterocycles. The Balaban J connectivity index is 1.58. The van der Waals surface area contributed by atoms with Crippen molar-refractivity contribution >= 4 is 33.4 Å². The van der Waals surface area contributed by atoms with E-state index in [1.807, 2.05) is 6.07 Å². The monoisotopic (exact) mass is 505 g/mol. The largest absolute Gasteiger partial charge is 0.484 e. The van der Waals surface area contributed by atoms with Gasteiger partial charge in [0.1, 0.15) is 5.75 Å². The lowest BCUT2D eigenvalue weighted by Crippen LogP contribution is -2.47. The standard InChI is InChI=1S/C25H32BrNO5/c1-3-14-30-25(31-15-4-2)13-7-10-22(25)32-21-16-17(11-12-20(21)26)27-23(28)18-8-5-6-9-19(18)24(27)29/h11-12,16,22H,3-10,13-15H2,1-2H3. The highest BCUT2D eigenvalue weighted by Gasteiger charge is 2.47. The molecule has 7 heteroatoms. The van der Waals surface area contributed by atoms with E-state index in [9.17, 15) is 9.59 Å². The fourth-order valence-electron chi connectivity index (χ4n) is 4.83. The average Bonchev–Trinajstić information content (AvgIpc) is 3.31. The van der Waals surface area contributed by atoms with Crippen LogP contribution in [0.25, 0.3) is 0 Å². The van der Waals surface area contributed by atoms with E-state index in [2.05, 4.69) is 29.8 Å². The van der Waals surface area contributed by atoms with Gasteiger partial charge in [0.15, 0.2) is 6.10 Å². The van der Waals surface area contributed by atoms with Gasteiger partial charge in [-0.3, -0.25) is 9.59 Å². The molecule has 4 rings (SSSR count). The summed E-state index contributed by atoms with van der Waals surface area (Å²) in [5, 5.41) is 0. The van der Waals surface area contributed by atoms with Crippen molar-refractivity contribution in [2.45, 2.75) is 83.5 Å². The lowest BCUT2D eigenvalue weighted by atomic mass is 9.93. The molecular weight excluding hydrogens is 474 g/mol. The van der Waals surface area contributed by atoms with Crippen LogP contribution in [0.2, 0.25) is 0 Å². The molecule has 1 unspecified atom stereocenters. The third-order valence-electron chi connectivity index (χ3n) is 6.42. The highest BCUT2D eigenvalue weighted by atomic mass is 79.9. The van der Waals surface area contributed by atoms with E-state index in [0.717, 1.165) is 49.4 Å². The van der Waals surface area contributed by atoms with Crippen LogP contribution in [0.3, 0.4) is 0 Å². The van der Waals surface area contributed by atoms with Gasteiger partial charge in [0.25, 0.3) is 11.8 Å². The van der Waals surface area contributed by atoms with Gasteiger partial charge < -0.3 is 14.2 Å². The van der Waals surface area contributed by atoms with Crippen LogP contribution in [0.4, 0.5) is 5.69 Å². The average molecular weight is 506 g/mol. The zero-order valence-electron chi connectivity index (χ0n) is 19.0. The summed E-state index contributed by atoms with van der Waals surface area (Å²) in [5.41, 5.74) is 1.91. The number of carbonyl (C=O) groups is 2. The van der Waals surface area contributed by atoms with Gasteiger partial charge in [0.05, 0.1) is 10.2 Å². The highest BCUT2D eigenvalue weighted by molar-refractivity contribution is 9.10. The first-order valence-corrected chi connectivity index (χ1v) is 12.6. The molecule has 0 radical (unpaired) electrons. The third kappa shape index (κ3) is 4.39. The van der Waals surface area contributed by atoms with Gasteiger partial charge in [-0.05, 0) is 79.4 Å². The molecule has 1 aliphatic heterocycles. The molecule has 6 nitrogen and oxygen atoms in total. The summed E-state index contributed by atoms with van der Waals surface area (Å²) >= 11 is 3.58. The number of benzene rings is 1. The number of hydrogen-bond donors (Lipinski definition) is 0. The molecule has 1 fully saturated rings. The minimum absolute atomic E-state index is 0.189. The minimum atomic E-state index is -0.763. The van der Waals surface area contributed by atoms with Crippen LogP contribution < -0.4 is 9.64 Å². The Morgan fingerprint density at radius 3 is 2.22 bits per heavy atom. The second-order valence-electron chi connectivity index (χ2n) is 8.73. The van der Waals surface area contributed by atoms with Gasteiger partial charge in [-0.15, -0.1) is 0 Å². The molecule has 174 valence electrons. The van der Waals surface area contributed by atoms with Crippen molar-refractivity contribution in [2.24, 2.45) is 0 Å². The lowest BCUT2D eigenvalue weighted by Gasteiger charge is -2.35. The molecule has 0 bridgehead atoms. The van der Waals surface area contributed by atoms with Gasteiger partial charge in [-0.1, -0.05) is 13.8 Å². The molecule has 1 aromatic carbocycles. The van der Waals surface area contributed by atoms with Crippen molar-refractivity contribution in [3.05, 3.63) is 33.8 Å². The van der Waals surface area contributed by atoms with Crippen LogP contribution in [-0.4, -0.2) is 36.9 Å². The van der Waals surface area contributed by atoms with E-state index < -0.39 is 5.79 Å². The van der Waals surface area contributed by atoms with Crippen molar-refractivity contribution in [1.29, 1.82) is 0 Å². The molecule has 0 saturated heterocycles. The Kier molecular flexibility index (Phi) is 7.37. The van der Waals surface area contributed by atoms with Gasteiger partial charge in [-0.25, -0.2) is 4.90 Å². The molecule has 1 aromatic rings. The van der Waals surface area contributed by atoms with Gasteiger partial charge in [0.2, 0.25) is 5.79 Å². The molecular formula is C25H32BrNO5. The van der Waals surface area contributed by atoms with E-state index in [0.29, 0.717) is 48.6 Å². The molecule has 2 amide bonds. The smallest absolute Gasteiger partial charge is 0.261 e. The molecule has 3 aliphatic rings. The normalized spacial score (nSPS) is 22.6. The maximum atomic E-state index is 13.0. The van der Waals surface area contributed by atoms with Gasteiger partial charge in [-0.2, -0.15) is 0 Å². The van der Waals surface area contributed by atoms with Crippen molar-refractivity contribution in [2.75, 3.05) is 18.1 Å². The van der Waals surface area contributed by atoms with Gasteiger partial charge >= 0.3 is 0 Å². The maximum Gasteiger partial charge on any atom is 0.261 e. The Labute approximate surface area is 198 Å². The van der Waals surface area contributed by atoms with Crippen LogP contribution in [-0.2, 0) is 19.1 Å². The molecule has 1 atom stereocenters. The first-order valence-electron chi connectivity index (χ1n) is 11.9. The van der Waals surface area contributed by atoms with Crippen LogP contribution in [0.15, 0.2) is 33.8 Å². The summed E-state index contributed by atoms with van der Waals surface area (Å²) in [7, 11) is 0. The summed E-state index contributed by atoms with van der Waals surface area (Å²) in [6.07, 6.45) is 7.39. The number of anilines is 1. The number of rotatable bonds is 9. The maximum absolute atomic E-state index is 13.0. The fourth-order valence-corrected chi connectivity index (χ4v) is 5.17. The Hall–Kier alpha value is -1.70. The predicted molar refractivity (Wildman–Crippen MR) is 126 cm³/mol. The molecule has 32 heavy (non-hydrogen) atoms. The number of hydrogen-bond acceptors (Lipinski definition) is 5. The van der Waals surface area contributed by atoms with Crippen LogP contribution >= 0.6 is 15.9 Å². The predicted octanol–water partition coefficient (Wildman–Crippen LogP) is 5.67. The Bertz CT molecular complexity index is 876. The van der Waals surface area contributed by atoms with Crippen molar-refractivity contribution in [3.63, 3.8) is 0 Å². The van der Waals surface area contributed by atoms with Crippen molar-refractivity contribution < 1.29 is 23.8 Å². The van der Waals surface area contributed by atoms with Crippen molar-refractivity contribution in [1.82, 2.24) is 0 Å². The fraction of sp³-hybridized carbons (Fsp3) is 0.600. The number of carbonyl (C=O) groups excluding carboxylic acids is 2. The molecule has 2 aliphatic carbocycles. The second-order valence-corrected chi connectivity index (χ2v) is 9.59. The summed E-state index contributed by atoms with van der Waals surface area (Å²) in [4.78, 5) is 27.3. The quantitative estimate of drug-likeness (QED) is 0.319. The van der Waals surface area contributed by atoms with Crippen LogP contribution in [0, 0.1) is 0 Å².